The van der Waals surface area contributed by atoms with Crippen molar-refractivity contribution >= 4 is 23.2 Å². The minimum atomic E-state index is -0.504. The maximum Gasteiger partial charge on any atom is 0.224 e. The van der Waals surface area contributed by atoms with E-state index in [1.165, 1.54) is 38.8 Å². The summed E-state index contributed by atoms with van der Waals surface area (Å²) in [5.41, 5.74) is 13.3. The van der Waals surface area contributed by atoms with Crippen LogP contribution in [0.5, 0.6) is 0 Å². The van der Waals surface area contributed by atoms with E-state index >= 15 is 0 Å². The third-order valence-corrected chi connectivity index (χ3v) is 12.0. The number of ether oxygens (including phenoxy) is 2. The van der Waals surface area contributed by atoms with E-state index in [-0.39, 0.29) is 30.6 Å². The number of hydrogen-bond donors (Lipinski definition) is 4. The van der Waals surface area contributed by atoms with Gasteiger partial charge >= 0.3 is 0 Å². The molecule has 4 atom stereocenters. The van der Waals surface area contributed by atoms with E-state index in [4.69, 9.17) is 15.2 Å². The van der Waals surface area contributed by atoms with Gasteiger partial charge < -0.3 is 35.8 Å². The SMILES string of the molecule is Nc1ccccc1NC(=O)CCCCCCC(=O)NCc1ccccc1-c1ccc([C@H]2O[C@@H](CN3CCC[C@H]3CN3CCCC3)C[C@@H](c3ccc(CO)cc3)O2)cc1. The van der Waals surface area contributed by atoms with Gasteiger partial charge in [-0.2, -0.15) is 0 Å². The first-order valence-corrected chi connectivity index (χ1v) is 21.5. The lowest BCUT2D eigenvalue weighted by Gasteiger charge is -2.39. The van der Waals surface area contributed by atoms with Crippen LogP contribution in [0.4, 0.5) is 11.4 Å². The van der Waals surface area contributed by atoms with Gasteiger partial charge in [0, 0.05) is 50.5 Å². The monoisotopic (exact) mass is 787 g/mol. The van der Waals surface area contributed by atoms with Crippen LogP contribution in [-0.2, 0) is 32.2 Å². The van der Waals surface area contributed by atoms with Crippen molar-refractivity contribution in [3.8, 4) is 11.1 Å². The molecule has 0 unspecified atom stereocenters. The second kappa shape index (κ2) is 20.9. The minimum absolute atomic E-state index is 0.0202. The van der Waals surface area contributed by atoms with Gasteiger partial charge in [0.15, 0.2) is 6.29 Å². The highest BCUT2D eigenvalue weighted by atomic mass is 16.7. The zero-order valence-electron chi connectivity index (χ0n) is 33.8. The molecular weight excluding hydrogens is 727 g/mol. The second-order valence-corrected chi connectivity index (χ2v) is 16.3. The molecule has 4 aromatic carbocycles. The largest absolute Gasteiger partial charge is 0.397 e. The Balaban J connectivity index is 0.920. The molecule has 7 rings (SSSR count). The lowest BCUT2D eigenvalue weighted by atomic mass is 9.97. The zero-order valence-corrected chi connectivity index (χ0v) is 33.8. The Hall–Kier alpha value is -4.58. The average Bonchev–Trinajstić information content (AvgIpc) is 3.94. The van der Waals surface area contributed by atoms with Crippen LogP contribution in [-0.4, -0.2) is 71.6 Å². The van der Waals surface area contributed by atoms with Gasteiger partial charge in [0.2, 0.25) is 11.8 Å². The van der Waals surface area contributed by atoms with Crippen molar-refractivity contribution in [2.75, 3.05) is 43.8 Å². The fraction of sp³-hybridized carbons (Fsp3) is 0.458. The van der Waals surface area contributed by atoms with Crippen molar-refractivity contribution in [3.05, 3.63) is 119 Å². The molecule has 308 valence electrons. The van der Waals surface area contributed by atoms with Gasteiger partial charge in [-0.3, -0.25) is 14.5 Å². The third kappa shape index (κ3) is 11.5. The van der Waals surface area contributed by atoms with E-state index in [2.05, 4.69) is 69.0 Å². The first-order valence-electron chi connectivity index (χ1n) is 21.5. The number of amides is 2. The van der Waals surface area contributed by atoms with Gasteiger partial charge in [-0.15, -0.1) is 0 Å². The van der Waals surface area contributed by atoms with Crippen molar-refractivity contribution < 1.29 is 24.2 Å². The molecule has 0 saturated carbocycles. The maximum atomic E-state index is 12.8. The minimum Gasteiger partial charge on any atom is -0.397 e. The highest BCUT2D eigenvalue weighted by Gasteiger charge is 2.36. The van der Waals surface area contributed by atoms with Crippen LogP contribution < -0.4 is 16.4 Å². The van der Waals surface area contributed by atoms with Crippen molar-refractivity contribution in [2.45, 2.75) is 108 Å². The molecule has 0 bridgehead atoms. The first kappa shape index (κ1) is 41.6. The van der Waals surface area contributed by atoms with E-state index in [1.54, 1.807) is 12.1 Å². The number of rotatable bonds is 18. The third-order valence-electron chi connectivity index (χ3n) is 12.0. The summed E-state index contributed by atoms with van der Waals surface area (Å²) >= 11 is 0. The molecule has 5 N–H and O–H groups in total. The fourth-order valence-electron chi connectivity index (χ4n) is 8.71. The van der Waals surface area contributed by atoms with Crippen LogP contribution in [0.3, 0.4) is 0 Å². The number of nitrogens with one attached hydrogen (secondary N) is 2. The number of carbonyl (C=O) groups is 2. The van der Waals surface area contributed by atoms with Crippen molar-refractivity contribution in [1.29, 1.82) is 0 Å². The van der Waals surface area contributed by atoms with Crippen LogP contribution in [0, 0.1) is 0 Å². The van der Waals surface area contributed by atoms with E-state index in [0.29, 0.717) is 36.8 Å². The summed E-state index contributed by atoms with van der Waals surface area (Å²) in [6.45, 7) is 6.07. The molecule has 0 aliphatic carbocycles. The quantitative estimate of drug-likeness (QED) is 0.0588. The Kier molecular flexibility index (Phi) is 15.0. The summed E-state index contributed by atoms with van der Waals surface area (Å²) in [6, 6.07) is 32.6. The molecule has 0 aromatic heterocycles. The number of nitrogens with two attached hydrogens (primary N) is 1. The molecule has 3 heterocycles. The Labute approximate surface area is 344 Å². The summed E-state index contributed by atoms with van der Waals surface area (Å²) in [5.74, 6) is -0.0157. The van der Waals surface area contributed by atoms with Crippen molar-refractivity contribution in [1.82, 2.24) is 15.1 Å². The molecule has 2 amide bonds. The van der Waals surface area contributed by atoms with E-state index in [9.17, 15) is 14.7 Å². The summed E-state index contributed by atoms with van der Waals surface area (Å²) in [7, 11) is 0. The van der Waals surface area contributed by atoms with E-state index in [1.807, 2.05) is 36.4 Å². The number of unbranched alkanes of at least 4 members (excludes halogenated alkanes) is 3. The van der Waals surface area contributed by atoms with Gasteiger partial charge in [0.25, 0.3) is 0 Å². The summed E-state index contributed by atoms with van der Waals surface area (Å²) in [6.07, 6.45) is 9.50. The van der Waals surface area contributed by atoms with Crippen LogP contribution >= 0.6 is 0 Å². The molecule has 10 nitrogen and oxygen atoms in total. The average molecular weight is 788 g/mol. The van der Waals surface area contributed by atoms with Gasteiger partial charge in [0.1, 0.15) is 0 Å². The standard InChI is InChI=1S/C48H61N5O5/c49-43-15-7-8-16-44(43)51-47(56)18-4-2-1-3-17-46(55)50-31-39-12-5-6-14-42(39)36-23-25-38(26-24-36)48-57-41(30-45(58-48)37-21-19-35(34-54)20-22-37)33-53-29-11-13-40(53)32-52-27-9-10-28-52/h5-8,12,14-16,19-26,40-41,45,48,54H,1-4,9-11,13,17-18,27-34,49H2,(H,50,55)(H,51,56)/t40-,41+,45-,48-/m0/s1. The highest BCUT2D eigenvalue weighted by molar-refractivity contribution is 5.93. The Morgan fingerprint density at radius 1 is 0.741 bits per heavy atom. The highest BCUT2D eigenvalue weighted by Crippen LogP contribution is 2.39. The number of nitrogens with zero attached hydrogens (tertiary/aromatic N) is 2. The number of carbonyl (C=O) groups excluding carboxylic acids is 2. The van der Waals surface area contributed by atoms with E-state index < -0.39 is 6.29 Å². The molecule has 58 heavy (non-hydrogen) atoms. The molecule has 4 aromatic rings. The molecule has 0 radical (unpaired) electrons. The lowest BCUT2D eigenvalue weighted by molar-refractivity contribution is -0.253. The summed E-state index contributed by atoms with van der Waals surface area (Å²) in [5, 5.41) is 15.6. The Morgan fingerprint density at radius 2 is 1.45 bits per heavy atom. The second-order valence-electron chi connectivity index (χ2n) is 16.3. The zero-order chi connectivity index (χ0) is 40.1. The molecule has 3 fully saturated rings. The molecule has 3 saturated heterocycles. The number of anilines is 2. The van der Waals surface area contributed by atoms with Gasteiger partial charge in [-0.1, -0.05) is 97.8 Å². The number of aliphatic hydroxyl groups is 1. The number of aliphatic hydroxyl groups excluding tert-OH is 1. The molecular formula is C48H61N5O5. The molecule has 3 aliphatic rings. The molecule has 10 heteroatoms. The lowest BCUT2D eigenvalue weighted by Crippen LogP contribution is -2.45. The number of nitrogen functional groups attached to an aromatic ring is 1. The van der Waals surface area contributed by atoms with Crippen molar-refractivity contribution in [2.24, 2.45) is 0 Å². The van der Waals surface area contributed by atoms with Crippen molar-refractivity contribution in [3.63, 3.8) is 0 Å². The summed E-state index contributed by atoms with van der Waals surface area (Å²) in [4.78, 5) is 30.4. The predicted octanol–water partition coefficient (Wildman–Crippen LogP) is 8.13. The van der Waals surface area contributed by atoms with Gasteiger partial charge in [-0.05, 0) is 98.1 Å². The molecule has 3 aliphatic heterocycles. The first-order chi connectivity index (χ1) is 28.4. The Bertz CT molecular complexity index is 1910. The van der Waals surface area contributed by atoms with Gasteiger partial charge in [0.05, 0.1) is 30.2 Å². The number of para-hydroxylation sites is 2. The van der Waals surface area contributed by atoms with Crippen LogP contribution in [0.15, 0.2) is 97.1 Å². The Morgan fingerprint density at radius 3 is 2.21 bits per heavy atom. The smallest absolute Gasteiger partial charge is 0.224 e. The predicted molar refractivity (Wildman–Crippen MR) is 230 cm³/mol. The number of hydrogen-bond acceptors (Lipinski definition) is 8. The van der Waals surface area contributed by atoms with Crippen LogP contribution in [0.1, 0.15) is 105 Å². The maximum absolute atomic E-state index is 12.8. The van der Waals surface area contributed by atoms with Gasteiger partial charge in [-0.25, -0.2) is 0 Å². The number of benzene rings is 4. The van der Waals surface area contributed by atoms with Crippen LogP contribution in [0.2, 0.25) is 0 Å². The fourth-order valence-corrected chi connectivity index (χ4v) is 8.71. The van der Waals surface area contributed by atoms with E-state index in [0.717, 1.165) is 85.1 Å². The van der Waals surface area contributed by atoms with Crippen LogP contribution in [0.25, 0.3) is 11.1 Å². The summed E-state index contributed by atoms with van der Waals surface area (Å²) < 4.78 is 13.5. The number of likely N-dealkylation sites (tertiary alicyclic amines) is 2. The molecule has 0 spiro atoms. The topological polar surface area (TPSA) is 129 Å². The normalized spacial score (nSPS) is 21.3.